The third-order valence-electron chi connectivity index (χ3n) is 3.25. The molecule has 1 atom stereocenters. The molecule has 0 aliphatic carbocycles. The van der Waals surface area contributed by atoms with Gasteiger partial charge in [0, 0.05) is 6.54 Å². The van der Waals surface area contributed by atoms with Crippen LogP contribution >= 0.6 is 11.6 Å². The molecule has 0 fully saturated rings. The summed E-state index contributed by atoms with van der Waals surface area (Å²) in [5.41, 5.74) is 1.90. The lowest BCUT2D eigenvalue weighted by atomic mass is 10.0. The van der Waals surface area contributed by atoms with Crippen LogP contribution in [0.4, 0.5) is 5.69 Å². The Balaban J connectivity index is 1.76. The van der Waals surface area contributed by atoms with E-state index < -0.39 is 0 Å². The average Bonchev–Trinajstić information content (AvgIpc) is 2.50. The average molecular weight is 303 g/mol. The molecule has 2 N–H and O–H groups in total. The Morgan fingerprint density at radius 1 is 1.10 bits per heavy atom. The minimum atomic E-state index is -0.0941. The number of anilines is 1. The Morgan fingerprint density at radius 2 is 1.76 bits per heavy atom. The molecule has 0 saturated carbocycles. The number of hydrogen-bond acceptors (Lipinski definition) is 2. The van der Waals surface area contributed by atoms with Gasteiger partial charge in [-0.25, -0.2) is 0 Å². The Hall–Kier alpha value is -1.84. The number of nitrogens with one attached hydrogen (secondary N) is 2. The topological polar surface area (TPSA) is 41.1 Å². The SMILES string of the molecule is CC(CNCC(=O)Nc1ccccc1Cl)c1ccccc1. The highest BCUT2D eigenvalue weighted by molar-refractivity contribution is 6.33. The molecular weight excluding hydrogens is 284 g/mol. The van der Waals surface area contributed by atoms with Gasteiger partial charge < -0.3 is 10.6 Å². The van der Waals surface area contributed by atoms with E-state index in [4.69, 9.17) is 11.6 Å². The standard InChI is InChI=1S/C17H19ClN2O/c1-13(14-7-3-2-4-8-14)11-19-12-17(21)20-16-10-6-5-9-15(16)18/h2-10,13,19H,11-12H2,1H3,(H,20,21). The van der Waals surface area contributed by atoms with Crippen molar-refractivity contribution < 1.29 is 4.79 Å². The van der Waals surface area contributed by atoms with Gasteiger partial charge in [-0.15, -0.1) is 0 Å². The van der Waals surface area contributed by atoms with E-state index in [-0.39, 0.29) is 12.5 Å². The third kappa shape index (κ3) is 4.88. The summed E-state index contributed by atoms with van der Waals surface area (Å²) in [5.74, 6) is 0.266. The Bertz CT molecular complexity index is 586. The lowest BCUT2D eigenvalue weighted by molar-refractivity contribution is -0.115. The van der Waals surface area contributed by atoms with Crippen molar-refractivity contribution in [3.63, 3.8) is 0 Å². The molecule has 0 radical (unpaired) electrons. The largest absolute Gasteiger partial charge is 0.324 e. The first-order chi connectivity index (χ1) is 10.2. The first kappa shape index (κ1) is 15.5. The summed E-state index contributed by atoms with van der Waals surface area (Å²) >= 11 is 6.00. The summed E-state index contributed by atoms with van der Waals surface area (Å²) in [4.78, 5) is 11.9. The molecule has 1 amide bonds. The van der Waals surface area contributed by atoms with Crippen molar-refractivity contribution in [2.24, 2.45) is 0 Å². The summed E-state index contributed by atoms with van der Waals surface area (Å²) in [7, 11) is 0. The van der Waals surface area contributed by atoms with Gasteiger partial charge in [-0.05, 0) is 23.6 Å². The Kier molecular flexibility index (Phi) is 5.78. The smallest absolute Gasteiger partial charge is 0.238 e. The lowest BCUT2D eigenvalue weighted by Gasteiger charge is -2.13. The maximum Gasteiger partial charge on any atom is 0.238 e. The minimum absolute atomic E-state index is 0.0941. The molecule has 4 heteroatoms. The molecule has 0 aliphatic heterocycles. The molecule has 3 nitrogen and oxygen atoms in total. The van der Waals surface area contributed by atoms with E-state index in [0.717, 1.165) is 6.54 Å². The third-order valence-corrected chi connectivity index (χ3v) is 3.58. The van der Waals surface area contributed by atoms with Gasteiger partial charge in [0.1, 0.15) is 0 Å². The van der Waals surface area contributed by atoms with Crippen molar-refractivity contribution in [1.82, 2.24) is 5.32 Å². The van der Waals surface area contributed by atoms with Crippen LogP contribution in [-0.4, -0.2) is 19.0 Å². The van der Waals surface area contributed by atoms with Crippen molar-refractivity contribution in [3.8, 4) is 0 Å². The monoisotopic (exact) mass is 302 g/mol. The second-order valence-corrected chi connectivity index (χ2v) is 5.38. The maximum absolute atomic E-state index is 11.9. The van der Waals surface area contributed by atoms with Crippen LogP contribution in [0, 0.1) is 0 Å². The predicted molar refractivity (Wildman–Crippen MR) is 87.8 cm³/mol. The Labute approximate surface area is 130 Å². The van der Waals surface area contributed by atoms with Gasteiger partial charge in [-0.1, -0.05) is 61.0 Å². The summed E-state index contributed by atoms with van der Waals surface area (Å²) in [6, 6.07) is 17.4. The number of benzene rings is 2. The van der Waals surface area contributed by atoms with E-state index in [1.165, 1.54) is 5.56 Å². The van der Waals surface area contributed by atoms with Crippen LogP contribution in [0.25, 0.3) is 0 Å². The fraction of sp³-hybridized carbons (Fsp3) is 0.235. The zero-order valence-electron chi connectivity index (χ0n) is 12.0. The van der Waals surface area contributed by atoms with Crippen LogP contribution in [0.1, 0.15) is 18.4 Å². The van der Waals surface area contributed by atoms with Gasteiger partial charge in [-0.2, -0.15) is 0 Å². The molecule has 0 aliphatic rings. The molecule has 1 unspecified atom stereocenters. The summed E-state index contributed by atoms with van der Waals surface area (Å²) in [5, 5.41) is 6.50. The van der Waals surface area contributed by atoms with Gasteiger partial charge >= 0.3 is 0 Å². The van der Waals surface area contributed by atoms with Crippen molar-refractivity contribution in [2.45, 2.75) is 12.8 Å². The van der Waals surface area contributed by atoms with Gasteiger partial charge in [0.15, 0.2) is 0 Å². The zero-order chi connectivity index (χ0) is 15.1. The van der Waals surface area contributed by atoms with Gasteiger partial charge in [0.25, 0.3) is 0 Å². The molecule has 2 aromatic rings. The Morgan fingerprint density at radius 3 is 2.48 bits per heavy atom. The summed E-state index contributed by atoms with van der Waals surface area (Å²) in [6.45, 7) is 3.15. The maximum atomic E-state index is 11.9. The van der Waals surface area contributed by atoms with Crippen LogP contribution in [0.3, 0.4) is 0 Å². The highest BCUT2D eigenvalue weighted by Gasteiger charge is 2.07. The van der Waals surface area contributed by atoms with Gasteiger partial charge in [-0.3, -0.25) is 4.79 Å². The molecule has 110 valence electrons. The van der Waals surface area contributed by atoms with Crippen LogP contribution in [0.2, 0.25) is 5.02 Å². The fourth-order valence-electron chi connectivity index (χ4n) is 2.06. The molecule has 2 aromatic carbocycles. The molecule has 0 bridgehead atoms. The molecule has 0 spiro atoms. The molecule has 0 saturated heterocycles. The number of carbonyl (C=O) groups is 1. The summed E-state index contributed by atoms with van der Waals surface area (Å²) in [6.07, 6.45) is 0. The second-order valence-electron chi connectivity index (χ2n) is 4.97. The van der Waals surface area contributed by atoms with Gasteiger partial charge in [0.2, 0.25) is 5.91 Å². The predicted octanol–water partition coefficient (Wildman–Crippen LogP) is 3.67. The minimum Gasteiger partial charge on any atom is -0.324 e. The quantitative estimate of drug-likeness (QED) is 0.855. The second kappa shape index (κ2) is 7.81. The molecule has 21 heavy (non-hydrogen) atoms. The zero-order valence-corrected chi connectivity index (χ0v) is 12.7. The normalized spacial score (nSPS) is 11.9. The first-order valence-corrected chi connectivity index (χ1v) is 7.34. The van der Waals surface area contributed by atoms with Crippen LogP contribution in [0.15, 0.2) is 54.6 Å². The van der Waals surface area contributed by atoms with Crippen molar-refractivity contribution in [3.05, 3.63) is 65.2 Å². The molecule has 0 heterocycles. The van der Waals surface area contributed by atoms with Crippen molar-refractivity contribution in [1.29, 1.82) is 0 Å². The number of carbonyl (C=O) groups excluding carboxylic acids is 1. The van der Waals surface area contributed by atoms with Crippen LogP contribution < -0.4 is 10.6 Å². The molecular formula is C17H19ClN2O. The van der Waals surface area contributed by atoms with E-state index >= 15 is 0 Å². The molecule has 0 aromatic heterocycles. The van der Waals surface area contributed by atoms with E-state index in [1.807, 2.05) is 30.3 Å². The number of para-hydroxylation sites is 1. The number of hydrogen-bond donors (Lipinski definition) is 2. The lowest BCUT2D eigenvalue weighted by Crippen LogP contribution is -2.30. The first-order valence-electron chi connectivity index (χ1n) is 6.97. The highest BCUT2D eigenvalue weighted by atomic mass is 35.5. The van der Waals surface area contributed by atoms with E-state index in [9.17, 15) is 4.79 Å². The van der Waals surface area contributed by atoms with Gasteiger partial charge in [0.05, 0.1) is 17.3 Å². The summed E-state index contributed by atoms with van der Waals surface area (Å²) < 4.78 is 0. The highest BCUT2D eigenvalue weighted by Crippen LogP contribution is 2.20. The van der Waals surface area contributed by atoms with E-state index in [1.54, 1.807) is 12.1 Å². The van der Waals surface area contributed by atoms with Crippen LogP contribution in [-0.2, 0) is 4.79 Å². The number of rotatable bonds is 6. The van der Waals surface area contributed by atoms with E-state index in [2.05, 4.69) is 29.7 Å². The van der Waals surface area contributed by atoms with E-state index in [0.29, 0.717) is 16.6 Å². The number of amides is 1. The van der Waals surface area contributed by atoms with Crippen LogP contribution in [0.5, 0.6) is 0 Å². The number of halogens is 1. The molecule has 2 rings (SSSR count). The fourth-order valence-corrected chi connectivity index (χ4v) is 2.24. The van der Waals surface area contributed by atoms with Crippen molar-refractivity contribution >= 4 is 23.2 Å². The van der Waals surface area contributed by atoms with Crippen molar-refractivity contribution in [2.75, 3.05) is 18.4 Å².